The molecule has 0 saturated heterocycles. The van der Waals surface area contributed by atoms with Crippen LogP contribution in [0.5, 0.6) is 0 Å². The van der Waals surface area contributed by atoms with Gasteiger partial charge in [0, 0.05) is 17.4 Å². The van der Waals surface area contributed by atoms with Crippen molar-refractivity contribution < 1.29 is 0 Å². The lowest BCUT2D eigenvalue weighted by molar-refractivity contribution is 0.676. The summed E-state index contributed by atoms with van der Waals surface area (Å²) in [7, 11) is 0. The van der Waals surface area contributed by atoms with Crippen LogP contribution in [-0.2, 0) is 12.8 Å². The highest BCUT2D eigenvalue weighted by Gasteiger charge is 2.13. The molecule has 14 heavy (non-hydrogen) atoms. The van der Waals surface area contributed by atoms with Crippen LogP contribution in [-0.4, -0.2) is 4.40 Å². The van der Waals surface area contributed by atoms with E-state index < -0.39 is 0 Å². The van der Waals surface area contributed by atoms with E-state index in [1.165, 1.54) is 36.9 Å². The SMILES string of the molecule is Cc1c2c(cc3cccn13)CCCC2. The van der Waals surface area contributed by atoms with Gasteiger partial charge in [-0.1, -0.05) is 0 Å². The molecule has 0 fully saturated rings. The van der Waals surface area contributed by atoms with E-state index >= 15 is 0 Å². The van der Waals surface area contributed by atoms with Crippen LogP contribution in [0.15, 0.2) is 24.4 Å². The Labute approximate surface area is 84.4 Å². The quantitative estimate of drug-likeness (QED) is 0.594. The van der Waals surface area contributed by atoms with Crippen molar-refractivity contribution in [2.75, 3.05) is 0 Å². The summed E-state index contributed by atoms with van der Waals surface area (Å²) in [5.74, 6) is 0. The second-order valence-electron chi connectivity index (χ2n) is 4.24. The predicted octanol–water partition coefficient (Wildman–Crippen LogP) is 3.13. The summed E-state index contributed by atoms with van der Waals surface area (Å²) in [5, 5.41) is 0. The number of aryl methyl sites for hydroxylation is 2. The average Bonchev–Trinajstić information content (AvgIpc) is 2.66. The standard InChI is InChI=1S/C13H15N/c1-10-13-7-3-2-5-11(13)9-12-6-4-8-14(10)12/h4,6,8-9H,2-3,5,7H2,1H3. The molecule has 0 radical (unpaired) electrons. The summed E-state index contributed by atoms with van der Waals surface area (Å²) < 4.78 is 2.31. The Kier molecular flexibility index (Phi) is 1.66. The van der Waals surface area contributed by atoms with Crippen molar-refractivity contribution in [3.8, 4) is 0 Å². The van der Waals surface area contributed by atoms with Gasteiger partial charge in [0.25, 0.3) is 0 Å². The smallest absolute Gasteiger partial charge is 0.0455 e. The van der Waals surface area contributed by atoms with E-state index in [4.69, 9.17) is 0 Å². The maximum Gasteiger partial charge on any atom is 0.0455 e. The molecule has 1 aliphatic carbocycles. The Bertz CT molecular complexity index is 479. The molecule has 2 aromatic heterocycles. The van der Waals surface area contributed by atoms with Crippen molar-refractivity contribution in [3.05, 3.63) is 41.2 Å². The number of rotatable bonds is 0. The molecule has 0 N–H and O–H groups in total. The van der Waals surface area contributed by atoms with Crippen molar-refractivity contribution >= 4 is 5.52 Å². The van der Waals surface area contributed by atoms with Gasteiger partial charge in [-0.3, -0.25) is 0 Å². The summed E-state index contributed by atoms with van der Waals surface area (Å²) in [6, 6.07) is 6.69. The lowest BCUT2D eigenvalue weighted by Crippen LogP contribution is -2.07. The molecule has 1 nitrogen and oxygen atoms in total. The molecule has 0 spiro atoms. The van der Waals surface area contributed by atoms with E-state index in [1.807, 2.05) is 0 Å². The lowest BCUT2D eigenvalue weighted by Gasteiger charge is -2.19. The molecule has 0 unspecified atom stereocenters. The van der Waals surface area contributed by atoms with Gasteiger partial charge in [-0.15, -0.1) is 0 Å². The number of hydrogen-bond donors (Lipinski definition) is 0. The van der Waals surface area contributed by atoms with Gasteiger partial charge in [-0.05, 0) is 61.9 Å². The largest absolute Gasteiger partial charge is 0.321 e. The van der Waals surface area contributed by atoms with E-state index in [2.05, 4.69) is 35.7 Å². The van der Waals surface area contributed by atoms with Crippen LogP contribution in [0.1, 0.15) is 29.7 Å². The van der Waals surface area contributed by atoms with Crippen LogP contribution in [0, 0.1) is 6.92 Å². The summed E-state index contributed by atoms with van der Waals surface area (Å²) in [4.78, 5) is 0. The zero-order valence-electron chi connectivity index (χ0n) is 8.59. The van der Waals surface area contributed by atoms with E-state index in [9.17, 15) is 0 Å². The number of pyridine rings is 1. The topological polar surface area (TPSA) is 4.41 Å². The maximum atomic E-state index is 2.36. The highest BCUT2D eigenvalue weighted by atomic mass is 14.9. The van der Waals surface area contributed by atoms with Gasteiger partial charge in [0.1, 0.15) is 0 Å². The van der Waals surface area contributed by atoms with Crippen LogP contribution in [0.2, 0.25) is 0 Å². The third kappa shape index (κ3) is 1.02. The molecule has 0 saturated carbocycles. The number of aromatic nitrogens is 1. The molecule has 3 rings (SSSR count). The number of hydrogen-bond acceptors (Lipinski definition) is 0. The molecule has 0 atom stereocenters. The minimum atomic E-state index is 1.27. The zero-order chi connectivity index (χ0) is 9.54. The van der Waals surface area contributed by atoms with E-state index in [1.54, 1.807) is 11.1 Å². The van der Waals surface area contributed by atoms with Gasteiger partial charge in [0.15, 0.2) is 0 Å². The van der Waals surface area contributed by atoms with Crippen molar-refractivity contribution in [2.45, 2.75) is 32.6 Å². The van der Waals surface area contributed by atoms with Gasteiger partial charge < -0.3 is 4.40 Å². The molecule has 0 aliphatic heterocycles. The van der Waals surface area contributed by atoms with Gasteiger partial charge >= 0.3 is 0 Å². The average molecular weight is 185 g/mol. The van der Waals surface area contributed by atoms with Gasteiger partial charge in [0.2, 0.25) is 0 Å². The third-order valence-electron chi connectivity index (χ3n) is 3.41. The molecule has 1 heteroatoms. The van der Waals surface area contributed by atoms with E-state index in [0.29, 0.717) is 0 Å². The van der Waals surface area contributed by atoms with Crippen molar-refractivity contribution in [1.82, 2.24) is 4.40 Å². The minimum absolute atomic E-state index is 1.27. The second kappa shape index (κ2) is 2.88. The Morgan fingerprint density at radius 3 is 3.00 bits per heavy atom. The first-order valence-electron chi connectivity index (χ1n) is 5.45. The normalized spacial score (nSPS) is 15.8. The molecule has 1 aliphatic rings. The van der Waals surface area contributed by atoms with E-state index in [0.717, 1.165) is 0 Å². The van der Waals surface area contributed by atoms with Gasteiger partial charge in [-0.2, -0.15) is 0 Å². The summed E-state index contributed by atoms with van der Waals surface area (Å²) in [6.45, 7) is 2.25. The third-order valence-corrected chi connectivity index (χ3v) is 3.41. The van der Waals surface area contributed by atoms with Gasteiger partial charge in [-0.25, -0.2) is 0 Å². The van der Waals surface area contributed by atoms with Crippen LogP contribution in [0.3, 0.4) is 0 Å². The van der Waals surface area contributed by atoms with Crippen LogP contribution in [0.25, 0.3) is 5.52 Å². The molecule has 72 valence electrons. The van der Waals surface area contributed by atoms with Crippen LogP contribution < -0.4 is 0 Å². The molecule has 2 aromatic rings. The summed E-state index contributed by atoms with van der Waals surface area (Å²) >= 11 is 0. The zero-order valence-corrected chi connectivity index (χ0v) is 8.59. The Morgan fingerprint density at radius 2 is 2.07 bits per heavy atom. The monoisotopic (exact) mass is 185 g/mol. The molecule has 0 bridgehead atoms. The Hall–Kier alpha value is -1.24. The van der Waals surface area contributed by atoms with Crippen LogP contribution in [0.4, 0.5) is 0 Å². The van der Waals surface area contributed by atoms with Crippen molar-refractivity contribution in [3.63, 3.8) is 0 Å². The van der Waals surface area contributed by atoms with Crippen molar-refractivity contribution in [1.29, 1.82) is 0 Å². The maximum absolute atomic E-state index is 2.36. The summed E-state index contributed by atoms with van der Waals surface area (Å²) in [6.07, 6.45) is 7.44. The molecule has 0 amide bonds. The lowest BCUT2D eigenvalue weighted by atomic mass is 9.91. The first-order chi connectivity index (χ1) is 6.86. The second-order valence-corrected chi connectivity index (χ2v) is 4.24. The van der Waals surface area contributed by atoms with Crippen LogP contribution >= 0.6 is 0 Å². The Morgan fingerprint density at radius 1 is 1.21 bits per heavy atom. The molecular weight excluding hydrogens is 170 g/mol. The van der Waals surface area contributed by atoms with Crippen molar-refractivity contribution in [2.24, 2.45) is 0 Å². The fraction of sp³-hybridized carbons (Fsp3) is 0.385. The fourth-order valence-electron chi connectivity index (χ4n) is 2.64. The molecule has 2 heterocycles. The number of fused-ring (bicyclic) bond motifs is 2. The Balaban J connectivity index is 2.36. The highest BCUT2D eigenvalue weighted by molar-refractivity contribution is 5.54. The number of nitrogens with zero attached hydrogens (tertiary/aromatic N) is 1. The van der Waals surface area contributed by atoms with E-state index in [-0.39, 0.29) is 0 Å². The molecule has 0 aromatic carbocycles. The first kappa shape index (κ1) is 8.10. The minimum Gasteiger partial charge on any atom is -0.321 e. The van der Waals surface area contributed by atoms with Gasteiger partial charge in [0.05, 0.1) is 0 Å². The summed E-state index contributed by atoms with van der Waals surface area (Å²) in [5.41, 5.74) is 5.98. The predicted molar refractivity (Wildman–Crippen MR) is 58.8 cm³/mol. The fourth-order valence-corrected chi connectivity index (χ4v) is 2.64. The molecular formula is C13H15N. The highest BCUT2D eigenvalue weighted by Crippen LogP contribution is 2.26. The first-order valence-corrected chi connectivity index (χ1v) is 5.45.